The third-order valence-electron chi connectivity index (χ3n) is 2.85. The molecule has 0 aliphatic rings. The summed E-state index contributed by atoms with van der Waals surface area (Å²) in [5.41, 5.74) is 1.94. The number of aliphatic hydroxyl groups is 1. The third-order valence-corrected chi connectivity index (χ3v) is 3.49. The van der Waals surface area contributed by atoms with Gasteiger partial charge in [0.1, 0.15) is 0 Å². The molecule has 1 aromatic rings. The van der Waals surface area contributed by atoms with Crippen molar-refractivity contribution in [3.8, 4) is 6.07 Å². The molecule has 3 nitrogen and oxygen atoms in total. The van der Waals surface area contributed by atoms with Gasteiger partial charge in [0.15, 0.2) is 0 Å². The Morgan fingerprint density at radius 1 is 1.39 bits per heavy atom. The number of hydrogen-bond acceptors (Lipinski definition) is 3. The first-order valence-corrected chi connectivity index (χ1v) is 6.87. The van der Waals surface area contributed by atoms with E-state index >= 15 is 0 Å². The molecule has 0 heterocycles. The normalized spacial score (nSPS) is 12.3. The number of hydrogen-bond donors (Lipinski definition) is 1. The van der Waals surface area contributed by atoms with Crippen LogP contribution < -0.4 is 4.90 Å². The number of rotatable bonds is 5. The van der Waals surface area contributed by atoms with E-state index in [-0.39, 0.29) is 0 Å². The standard InChI is InChI=1S/C14H19BrN2O/c1-10(2)17(8-4-7-16)14-6-5-12(11(3)18)9-13(14)15/h5-6,9-11,18H,4,8H2,1-3H3/t11-/m0/s1. The lowest BCUT2D eigenvalue weighted by Gasteiger charge is -2.29. The van der Waals surface area contributed by atoms with Crippen molar-refractivity contribution in [1.29, 1.82) is 5.26 Å². The first-order valence-electron chi connectivity index (χ1n) is 6.08. The number of anilines is 1. The molecule has 0 fully saturated rings. The van der Waals surface area contributed by atoms with E-state index in [0.29, 0.717) is 19.0 Å². The Balaban J connectivity index is 3.02. The minimum atomic E-state index is -0.470. The van der Waals surface area contributed by atoms with Crippen LogP contribution in [0.5, 0.6) is 0 Å². The second-order valence-corrected chi connectivity index (χ2v) is 5.44. The molecule has 0 spiro atoms. The molecule has 1 aromatic carbocycles. The van der Waals surface area contributed by atoms with E-state index in [4.69, 9.17) is 5.26 Å². The van der Waals surface area contributed by atoms with Crippen molar-refractivity contribution < 1.29 is 5.11 Å². The fourth-order valence-electron chi connectivity index (χ4n) is 1.84. The molecule has 1 rings (SSSR count). The van der Waals surface area contributed by atoms with Crippen molar-refractivity contribution in [3.05, 3.63) is 28.2 Å². The summed E-state index contributed by atoms with van der Waals surface area (Å²) in [4.78, 5) is 2.18. The lowest BCUT2D eigenvalue weighted by atomic mass is 10.1. The molecule has 1 N–H and O–H groups in total. The van der Waals surface area contributed by atoms with E-state index in [1.807, 2.05) is 18.2 Å². The molecule has 0 aliphatic heterocycles. The van der Waals surface area contributed by atoms with Gasteiger partial charge in [-0.3, -0.25) is 0 Å². The Kier molecular flexibility index (Phi) is 5.64. The summed E-state index contributed by atoms with van der Waals surface area (Å²) >= 11 is 3.54. The lowest BCUT2D eigenvalue weighted by molar-refractivity contribution is 0.199. The average molecular weight is 311 g/mol. The zero-order valence-corrected chi connectivity index (χ0v) is 12.6. The summed E-state index contributed by atoms with van der Waals surface area (Å²) in [7, 11) is 0. The Labute approximate surface area is 117 Å². The van der Waals surface area contributed by atoms with Gasteiger partial charge in [-0.25, -0.2) is 0 Å². The predicted molar refractivity (Wildman–Crippen MR) is 77.5 cm³/mol. The van der Waals surface area contributed by atoms with Crippen molar-refractivity contribution in [2.24, 2.45) is 0 Å². The van der Waals surface area contributed by atoms with E-state index in [9.17, 15) is 5.11 Å². The quantitative estimate of drug-likeness (QED) is 0.903. The van der Waals surface area contributed by atoms with Gasteiger partial charge >= 0.3 is 0 Å². The van der Waals surface area contributed by atoms with Crippen molar-refractivity contribution in [2.75, 3.05) is 11.4 Å². The van der Waals surface area contributed by atoms with Crippen LogP contribution in [-0.4, -0.2) is 17.7 Å². The Bertz CT molecular complexity index is 438. The highest BCUT2D eigenvalue weighted by Crippen LogP contribution is 2.30. The number of benzene rings is 1. The van der Waals surface area contributed by atoms with E-state index < -0.39 is 6.10 Å². The maximum absolute atomic E-state index is 9.55. The van der Waals surface area contributed by atoms with E-state index in [1.54, 1.807) is 6.92 Å². The molecule has 0 unspecified atom stereocenters. The van der Waals surface area contributed by atoms with Crippen LogP contribution in [0.1, 0.15) is 38.9 Å². The van der Waals surface area contributed by atoms with Crippen LogP contribution in [0.2, 0.25) is 0 Å². The Morgan fingerprint density at radius 3 is 2.50 bits per heavy atom. The second-order valence-electron chi connectivity index (χ2n) is 4.58. The van der Waals surface area contributed by atoms with Gasteiger partial charge in [0.05, 0.1) is 24.3 Å². The molecule has 0 bridgehead atoms. The van der Waals surface area contributed by atoms with Crippen molar-refractivity contribution in [3.63, 3.8) is 0 Å². The molecular weight excluding hydrogens is 292 g/mol. The highest BCUT2D eigenvalue weighted by Gasteiger charge is 2.14. The maximum atomic E-state index is 9.55. The number of halogens is 1. The highest BCUT2D eigenvalue weighted by atomic mass is 79.9. The van der Waals surface area contributed by atoms with E-state index in [2.05, 4.69) is 40.7 Å². The molecule has 0 saturated heterocycles. The molecule has 98 valence electrons. The number of nitrogens with zero attached hydrogens (tertiary/aromatic N) is 2. The molecule has 0 aliphatic carbocycles. The van der Waals surface area contributed by atoms with Gasteiger partial charge in [0.2, 0.25) is 0 Å². The molecule has 0 amide bonds. The molecule has 0 aromatic heterocycles. The van der Waals surface area contributed by atoms with E-state index in [0.717, 1.165) is 15.7 Å². The maximum Gasteiger partial charge on any atom is 0.0762 e. The largest absolute Gasteiger partial charge is 0.389 e. The fourth-order valence-corrected chi connectivity index (χ4v) is 2.47. The summed E-state index contributed by atoms with van der Waals surface area (Å²) in [6, 6.07) is 8.35. The van der Waals surface area contributed by atoms with Gasteiger partial charge in [0.25, 0.3) is 0 Å². The minimum Gasteiger partial charge on any atom is -0.389 e. The summed E-state index contributed by atoms with van der Waals surface area (Å²) in [6.07, 6.45) is 0.0323. The van der Waals surface area contributed by atoms with Gasteiger partial charge in [0, 0.05) is 17.1 Å². The molecule has 18 heavy (non-hydrogen) atoms. The van der Waals surface area contributed by atoms with Crippen LogP contribution in [0.3, 0.4) is 0 Å². The van der Waals surface area contributed by atoms with E-state index in [1.165, 1.54) is 0 Å². The fraction of sp³-hybridized carbons (Fsp3) is 0.500. The topological polar surface area (TPSA) is 47.3 Å². The van der Waals surface area contributed by atoms with Crippen molar-refractivity contribution in [2.45, 2.75) is 39.3 Å². The van der Waals surface area contributed by atoms with Gasteiger partial charge in [-0.15, -0.1) is 0 Å². The minimum absolute atomic E-state index is 0.326. The van der Waals surface area contributed by atoms with Gasteiger partial charge in [-0.2, -0.15) is 5.26 Å². The van der Waals surface area contributed by atoms with Crippen LogP contribution in [-0.2, 0) is 0 Å². The first-order chi connectivity index (χ1) is 8.47. The second kappa shape index (κ2) is 6.77. The molecule has 1 atom stereocenters. The Hall–Kier alpha value is -1.05. The molecule has 4 heteroatoms. The smallest absolute Gasteiger partial charge is 0.0762 e. The van der Waals surface area contributed by atoms with Crippen molar-refractivity contribution >= 4 is 21.6 Å². The Morgan fingerprint density at radius 2 is 2.06 bits per heavy atom. The summed E-state index contributed by atoms with van der Waals surface area (Å²) in [5.74, 6) is 0. The van der Waals surface area contributed by atoms with Crippen LogP contribution in [0, 0.1) is 11.3 Å². The zero-order chi connectivity index (χ0) is 13.7. The van der Waals surface area contributed by atoms with Crippen LogP contribution in [0.4, 0.5) is 5.69 Å². The predicted octanol–water partition coefficient (Wildman–Crippen LogP) is 3.63. The van der Waals surface area contributed by atoms with Crippen molar-refractivity contribution in [1.82, 2.24) is 0 Å². The number of nitriles is 1. The average Bonchev–Trinajstić information content (AvgIpc) is 2.30. The van der Waals surface area contributed by atoms with Crippen LogP contribution >= 0.6 is 15.9 Å². The highest BCUT2D eigenvalue weighted by molar-refractivity contribution is 9.10. The zero-order valence-electron chi connectivity index (χ0n) is 11.0. The first kappa shape index (κ1) is 15.0. The molecular formula is C14H19BrN2O. The summed E-state index contributed by atoms with van der Waals surface area (Å²) in [5, 5.41) is 18.3. The molecule has 0 radical (unpaired) electrons. The number of aliphatic hydroxyl groups excluding tert-OH is 1. The SMILES string of the molecule is CC(C)N(CCC#N)c1ccc([C@H](C)O)cc1Br. The lowest BCUT2D eigenvalue weighted by Crippen LogP contribution is -2.31. The van der Waals surface area contributed by atoms with Crippen LogP contribution in [0.25, 0.3) is 0 Å². The summed E-state index contributed by atoms with van der Waals surface area (Å²) in [6.45, 7) is 6.66. The monoisotopic (exact) mass is 310 g/mol. The van der Waals surface area contributed by atoms with Gasteiger partial charge in [-0.1, -0.05) is 6.07 Å². The molecule has 0 saturated carbocycles. The van der Waals surface area contributed by atoms with Gasteiger partial charge < -0.3 is 10.0 Å². The van der Waals surface area contributed by atoms with Crippen LogP contribution in [0.15, 0.2) is 22.7 Å². The van der Waals surface area contributed by atoms with Gasteiger partial charge in [-0.05, 0) is 54.4 Å². The summed E-state index contributed by atoms with van der Waals surface area (Å²) < 4.78 is 0.951. The third kappa shape index (κ3) is 3.72.